The molecule has 32 heavy (non-hydrogen) atoms. The normalized spacial score (nSPS) is 25.1. The summed E-state index contributed by atoms with van der Waals surface area (Å²) in [6.45, 7) is 1.80. The number of nitrogens with one attached hydrogen (secondary N) is 1. The van der Waals surface area contributed by atoms with Gasteiger partial charge in [-0.15, -0.1) is 0 Å². The van der Waals surface area contributed by atoms with Gasteiger partial charge >= 0.3 is 0 Å². The lowest BCUT2D eigenvalue weighted by Crippen LogP contribution is -2.61. The molecule has 5 nitrogen and oxygen atoms in total. The van der Waals surface area contributed by atoms with Crippen molar-refractivity contribution in [3.63, 3.8) is 0 Å². The maximum Gasteiger partial charge on any atom is 0.234 e. The Bertz CT molecular complexity index is 1070. The SMILES string of the molecule is O=C(C1CCC2C(=O)N(Cc3ccccc3Cl)C(=S)NC2C1)N1CCc2ccccc2C1. The minimum atomic E-state index is -0.157. The van der Waals surface area contributed by atoms with Crippen molar-refractivity contribution in [2.24, 2.45) is 11.8 Å². The van der Waals surface area contributed by atoms with Crippen LogP contribution in [0.4, 0.5) is 0 Å². The molecule has 1 aliphatic carbocycles. The molecule has 166 valence electrons. The number of hydrogen-bond donors (Lipinski definition) is 1. The molecule has 1 saturated heterocycles. The Hall–Kier alpha value is -2.44. The van der Waals surface area contributed by atoms with E-state index in [0.717, 1.165) is 24.9 Å². The molecule has 2 fully saturated rings. The topological polar surface area (TPSA) is 52.7 Å². The van der Waals surface area contributed by atoms with Crippen LogP contribution in [0.25, 0.3) is 0 Å². The number of carbonyl (C=O) groups is 2. The van der Waals surface area contributed by atoms with E-state index in [2.05, 4.69) is 23.5 Å². The number of benzene rings is 2. The molecule has 0 bridgehead atoms. The van der Waals surface area contributed by atoms with Crippen molar-refractivity contribution in [2.45, 2.75) is 44.8 Å². The lowest BCUT2D eigenvalue weighted by atomic mass is 9.76. The first-order valence-electron chi connectivity index (χ1n) is 11.2. The Morgan fingerprint density at radius 2 is 1.84 bits per heavy atom. The summed E-state index contributed by atoms with van der Waals surface area (Å²) in [6, 6.07) is 15.8. The minimum absolute atomic E-state index is 0.0384. The van der Waals surface area contributed by atoms with Crippen molar-refractivity contribution in [3.05, 3.63) is 70.2 Å². The van der Waals surface area contributed by atoms with Gasteiger partial charge in [-0.1, -0.05) is 54.1 Å². The first kappa shape index (κ1) is 21.4. The fourth-order valence-corrected chi connectivity index (χ4v) is 5.78. The molecule has 2 aromatic rings. The molecule has 2 heterocycles. The molecule has 1 N–H and O–H groups in total. The Morgan fingerprint density at radius 1 is 1.09 bits per heavy atom. The molecule has 0 radical (unpaired) electrons. The fraction of sp³-hybridized carbons (Fsp3) is 0.400. The molecular weight excluding hydrogens is 442 g/mol. The summed E-state index contributed by atoms with van der Waals surface area (Å²) in [6.07, 6.45) is 2.98. The van der Waals surface area contributed by atoms with Crippen molar-refractivity contribution >= 4 is 40.7 Å². The van der Waals surface area contributed by atoms with Crippen molar-refractivity contribution < 1.29 is 9.59 Å². The molecule has 3 unspecified atom stereocenters. The fourth-order valence-electron chi connectivity index (χ4n) is 5.28. The predicted octanol–water partition coefficient (Wildman–Crippen LogP) is 3.93. The lowest BCUT2D eigenvalue weighted by Gasteiger charge is -2.44. The number of hydrogen-bond acceptors (Lipinski definition) is 3. The summed E-state index contributed by atoms with van der Waals surface area (Å²) in [4.78, 5) is 30.2. The van der Waals surface area contributed by atoms with E-state index in [-0.39, 0.29) is 29.7 Å². The zero-order valence-corrected chi connectivity index (χ0v) is 19.4. The number of fused-ring (bicyclic) bond motifs is 2. The molecule has 1 saturated carbocycles. The summed E-state index contributed by atoms with van der Waals surface area (Å²) in [5.41, 5.74) is 3.45. The van der Waals surface area contributed by atoms with Crippen LogP contribution >= 0.6 is 23.8 Å². The standard InChI is InChI=1S/C25H26ClN3O2S/c26-21-8-4-3-7-19(21)15-29-24(31)20-10-9-17(13-22(20)27-25(29)32)23(30)28-12-11-16-5-1-2-6-18(16)14-28/h1-8,17,20,22H,9-15H2,(H,27,32). The highest BCUT2D eigenvalue weighted by molar-refractivity contribution is 7.80. The second kappa shape index (κ2) is 8.83. The van der Waals surface area contributed by atoms with E-state index in [9.17, 15) is 9.59 Å². The van der Waals surface area contributed by atoms with Gasteiger partial charge in [0.05, 0.1) is 12.5 Å². The smallest absolute Gasteiger partial charge is 0.234 e. The van der Waals surface area contributed by atoms with E-state index in [4.69, 9.17) is 23.8 Å². The quantitative estimate of drug-likeness (QED) is 0.695. The lowest BCUT2D eigenvalue weighted by molar-refractivity contribution is -0.142. The molecule has 2 amide bonds. The second-order valence-corrected chi connectivity index (χ2v) is 9.76. The monoisotopic (exact) mass is 467 g/mol. The maximum atomic E-state index is 13.3. The number of carbonyl (C=O) groups excluding carboxylic acids is 2. The van der Waals surface area contributed by atoms with E-state index in [1.165, 1.54) is 11.1 Å². The van der Waals surface area contributed by atoms with Crippen LogP contribution in [0, 0.1) is 11.8 Å². The highest BCUT2D eigenvalue weighted by Crippen LogP contribution is 2.35. The molecule has 2 aromatic carbocycles. The van der Waals surface area contributed by atoms with Crippen LogP contribution in [0.15, 0.2) is 48.5 Å². The van der Waals surface area contributed by atoms with Gasteiger partial charge in [0.2, 0.25) is 11.8 Å². The molecule has 3 aliphatic rings. The largest absolute Gasteiger partial charge is 0.359 e. The Balaban J connectivity index is 1.25. The minimum Gasteiger partial charge on any atom is -0.359 e. The Kier molecular flexibility index (Phi) is 5.91. The van der Waals surface area contributed by atoms with Crippen molar-refractivity contribution in [1.82, 2.24) is 15.1 Å². The van der Waals surface area contributed by atoms with Gasteiger partial charge in [0.25, 0.3) is 0 Å². The average Bonchev–Trinajstić information content (AvgIpc) is 2.81. The van der Waals surface area contributed by atoms with Gasteiger partial charge in [-0.05, 0) is 60.7 Å². The molecule has 3 atom stereocenters. The summed E-state index contributed by atoms with van der Waals surface area (Å²) in [5.74, 6) is 0.0168. The van der Waals surface area contributed by atoms with E-state index in [0.29, 0.717) is 36.1 Å². The second-order valence-electron chi connectivity index (χ2n) is 8.97. The van der Waals surface area contributed by atoms with E-state index >= 15 is 0 Å². The zero-order valence-electron chi connectivity index (χ0n) is 17.8. The van der Waals surface area contributed by atoms with Crippen LogP contribution < -0.4 is 5.32 Å². The van der Waals surface area contributed by atoms with Gasteiger partial charge in [0.1, 0.15) is 0 Å². The summed E-state index contributed by atoms with van der Waals surface area (Å²) in [7, 11) is 0. The van der Waals surface area contributed by atoms with E-state index < -0.39 is 0 Å². The number of thiocarbonyl (C=S) groups is 1. The van der Waals surface area contributed by atoms with Gasteiger partial charge in [-0.25, -0.2) is 0 Å². The van der Waals surface area contributed by atoms with Gasteiger partial charge < -0.3 is 10.2 Å². The van der Waals surface area contributed by atoms with E-state index in [1.54, 1.807) is 4.90 Å². The van der Waals surface area contributed by atoms with Crippen LogP contribution in [0.3, 0.4) is 0 Å². The first-order valence-corrected chi connectivity index (χ1v) is 12.0. The molecule has 0 aromatic heterocycles. The third-order valence-electron chi connectivity index (χ3n) is 7.07. The Morgan fingerprint density at radius 3 is 2.66 bits per heavy atom. The Labute approximate surface area is 198 Å². The third kappa shape index (κ3) is 4.02. The molecule has 0 spiro atoms. The van der Waals surface area contributed by atoms with Crippen LogP contribution in [-0.4, -0.2) is 39.3 Å². The van der Waals surface area contributed by atoms with Crippen LogP contribution in [0.1, 0.15) is 36.0 Å². The van der Waals surface area contributed by atoms with Crippen molar-refractivity contribution in [3.8, 4) is 0 Å². The molecule has 5 rings (SSSR count). The molecule has 7 heteroatoms. The third-order valence-corrected chi connectivity index (χ3v) is 7.77. The van der Waals surface area contributed by atoms with Crippen LogP contribution in [0.5, 0.6) is 0 Å². The summed E-state index contributed by atoms with van der Waals surface area (Å²) in [5, 5.41) is 4.42. The summed E-state index contributed by atoms with van der Waals surface area (Å²) < 4.78 is 0. The zero-order chi connectivity index (χ0) is 22.2. The molecule has 2 aliphatic heterocycles. The highest BCUT2D eigenvalue weighted by Gasteiger charge is 2.45. The molecular formula is C25H26ClN3O2S. The summed E-state index contributed by atoms with van der Waals surface area (Å²) >= 11 is 11.8. The maximum absolute atomic E-state index is 13.3. The highest BCUT2D eigenvalue weighted by atomic mass is 35.5. The van der Waals surface area contributed by atoms with Crippen molar-refractivity contribution in [2.75, 3.05) is 6.54 Å². The first-order chi connectivity index (χ1) is 15.5. The number of amides is 2. The predicted molar refractivity (Wildman–Crippen MR) is 128 cm³/mol. The van der Waals surface area contributed by atoms with Gasteiger partial charge in [-0.3, -0.25) is 14.5 Å². The van der Waals surface area contributed by atoms with E-state index in [1.807, 2.05) is 35.2 Å². The van der Waals surface area contributed by atoms with Gasteiger partial charge in [0, 0.05) is 30.1 Å². The number of nitrogens with zero attached hydrogens (tertiary/aromatic N) is 2. The van der Waals surface area contributed by atoms with Crippen LogP contribution in [0.2, 0.25) is 5.02 Å². The van der Waals surface area contributed by atoms with Gasteiger partial charge in [-0.2, -0.15) is 0 Å². The van der Waals surface area contributed by atoms with Gasteiger partial charge in [0.15, 0.2) is 5.11 Å². The van der Waals surface area contributed by atoms with Crippen molar-refractivity contribution in [1.29, 1.82) is 0 Å². The average molecular weight is 468 g/mol. The van der Waals surface area contributed by atoms with Crippen LogP contribution in [-0.2, 0) is 29.1 Å². The number of rotatable bonds is 3. The number of halogens is 1.